The molecular formula is C29H27N5O5. The van der Waals surface area contributed by atoms with Gasteiger partial charge in [0.1, 0.15) is 18.4 Å². The summed E-state index contributed by atoms with van der Waals surface area (Å²) in [5, 5.41) is 30.8. The van der Waals surface area contributed by atoms with Gasteiger partial charge in [-0.1, -0.05) is 36.4 Å². The molecule has 0 saturated carbocycles. The van der Waals surface area contributed by atoms with E-state index in [2.05, 4.69) is 18.2 Å². The Morgan fingerprint density at radius 1 is 1.03 bits per heavy atom. The first-order valence-electron chi connectivity index (χ1n) is 12.1. The van der Waals surface area contributed by atoms with Gasteiger partial charge in [-0.3, -0.25) is 0 Å². The summed E-state index contributed by atoms with van der Waals surface area (Å²) in [5.74, 6) is -0.497. The molecule has 1 aliphatic heterocycles. The first kappa shape index (κ1) is 26.9. The fourth-order valence-electron chi connectivity index (χ4n) is 5.28. The van der Waals surface area contributed by atoms with E-state index in [4.69, 9.17) is 24.7 Å². The van der Waals surface area contributed by atoms with Crippen molar-refractivity contribution in [3.05, 3.63) is 76.5 Å². The number of hydrogen-bond acceptors (Lipinski definition) is 9. The topological polar surface area (TPSA) is 155 Å². The lowest BCUT2D eigenvalue weighted by Gasteiger charge is -2.45. The number of nitrogens with two attached hydrogens (primary N) is 1. The smallest absolute Gasteiger partial charge is 0.410 e. The second kappa shape index (κ2) is 11.1. The van der Waals surface area contributed by atoms with Gasteiger partial charge in [-0.25, -0.2) is 4.79 Å². The summed E-state index contributed by atoms with van der Waals surface area (Å²) < 4.78 is 22.1. The lowest BCUT2D eigenvalue weighted by atomic mass is 9.58. The molecule has 0 aromatic heterocycles. The Balaban J connectivity index is 1.83. The average Bonchev–Trinajstić information content (AvgIpc) is 2.99. The van der Waals surface area contributed by atoms with Gasteiger partial charge in [0.2, 0.25) is 0 Å². The predicted molar refractivity (Wildman–Crippen MR) is 139 cm³/mol. The first-order chi connectivity index (χ1) is 18.9. The van der Waals surface area contributed by atoms with Crippen LogP contribution < -0.4 is 19.9 Å². The van der Waals surface area contributed by atoms with Crippen LogP contribution >= 0.6 is 0 Å². The monoisotopic (exact) mass is 525 g/mol. The van der Waals surface area contributed by atoms with Crippen molar-refractivity contribution in [3.8, 4) is 35.5 Å². The molecule has 0 spiro atoms. The minimum absolute atomic E-state index is 0.0658. The van der Waals surface area contributed by atoms with Gasteiger partial charge in [-0.05, 0) is 17.2 Å². The van der Waals surface area contributed by atoms with E-state index in [1.54, 1.807) is 18.2 Å². The van der Waals surface area contributed by atoms with Crippen molar-refractivity contribution in [1.29, 1.82) is 15.8 Å². The molecule has 2 aromatic rings. The van der Waals surface area contributed by atoms with Crippen LogP contribution in [0.2, 0.25) is 0 Å². The molecule has 10 nitrogen and oxygen atoms in total. The Morgan fingerprint density at radius 3 is 2.26 bits per heavy atom. The molecule has 10 heteroatoms. The van der Waals surface area contributed by atoms with Crippen LogP contribution in [-0.4, -0.2) is 45.4 Å². The SMILES string of the molecule is COc1cc(OC)c([C@H]2[C@@H]3CN(C(=O)OCc4ccccc4)CC=C3C(C#N)=C(N)C2(C#N)C#N)cc1OC. The third-order valence-electron chi connectivity index (χ3n) is 7.20. The number of nitriles is 3. The first-order valence-corrected chi connectivity index (χ1v) is 12.1. The molecule has 0 bridgehead atoms. The van der Waals surface area contributed by atoms with Crippen LogP contribution in [0.25, 0.3) is 0 Å². The maximum absolute atomic E-state index is 13.1. The number of methoxy groups -OCH3 is 3. The van der Waals surface area contributed by atoms with Crippen LogP contribution in [0.4, 0.5) is 4.79 Å². The number of benzene rings is 2. The Morgan fingerprint density at radius 2 is 1.67 bits per heavy atom. The zero-order valence-corrected chi connectivity index (χ0v) is 21.8. The molecule has 2 aliphatic rings. The number of fused-ring (bicyclic) bond motifs is 1. The van der Waals surface area contributed by atoms with Crippen LogP contribution in [0.5, 0.6) is 17.2 Å². The molecule has 1 heterocycles. The maximum atomic E-state index is 13.1. The van der Waals surface area contributed by atoms with Crippen molar-refractivity contribution in [2.24, 2.45) is 17.1 Å². The molecule has 198 valence electrons. The van der Waals surface area contributed by atoms with Crippen LogP contribution in [0.1, 0.15) is 17.0 Å². The molecule has 1 aliphatic carbocycles. The van der Waals surface area contributed by atoms with Gasteiger partial charge < -0.3 is 29.6 Å². The summed E-state index contributed by atoms with van der Waals surface area (Å²) in [7, 11) is 4.40. The van der Waals surface area contributed by atoms with Gasteiger partial charge in [0.25, 0.3) is 0 Å². The minimum atomic E-state index is -1.93. The van der Waals surface area contributed by atoms with Crippen molar-refractivity contribution < 1.29 is 23.7 Å². The number of rotatable bonds is 6. The van der Waals surface area contributed by atoms with E-state index < -0.39 is 23.3 Å². The highest BCUT2D eigenvalue weighted by atomic mass is 16.6. The number of ether oxygens (including phenoxy) is 4. The van der Waals surface area contributed by atoms with Crippen molar-refractivity contribution in [2.45, 2.75) is 12.5 Å². The van der Waals surface area contributed by atoms with Gasteiger partial charge in [0, 0.05) is 36.6 Å². The number of nitrogens with zero attached hydrogens (tertiary/aromatic N) is 4. The van der Waals surface area contributed by atoms with Gasteiger partial charge >= 0.3 is 6.09 Å². The molecule has 0 saturated heterocycles. The molecule has 0 fully saturated rings. The third kappa shape index (κ3) is 4.56. The lowest BCUT2D eigenvalue weighted by molar-refractivity contribution is 0.0897. The summed E-state index contributed by atoms with van der Waals surface area (Å²) in [6, 6.07) is 18.8. The maximum Gasteiger partial charge on any atom is 0.410 e. The van der Waals surface area contributed by atoms with Crippen molar-refractivity contribution >= 4 is 6.09 Å². The second-order valence-electron chi connectivity index (χ2n) is 9.07. The number of carbonyl (C=O) groups is 1. The molecule has 2 N–H and O–H groups in total. The highest BCUT2D eigenvalue weighted by Crippen LogP contribution is 2.56. The number of allylic oxidation sites excluding steroid dienone is 2. The molecule has 2 atom stereocenters. The normalized spacial score (nSPS) is 19.4. The standard InChI is InChI=1S/C29H27N5O5/c1-36-23-12-25(38-3)24(37-2)11-20(23)26-22-14-34(28(35)39-15-18-7-5-4-6-8-18)10-9-19(22)21(13-30)27(33)29(26,16-31)17-32/h4-9,11-12,22,26H,10,14-15,33H2,1-3H3/t22-,26+/m1/s1. The molecule has 1 amide bonds. The van der Waals surface area contributed by atoms with Crippen molar-refractivity contribution in [3.63, 3.8) is 0 Å². The van der Waals surface area contributed by atoms with Crippen LogP contribution in [-0.2, 0) is 11.3 Å². The van der Waals surface area contributed by atoms with E-state index in [0.717, 1.165) is 5.56 Å². The molecule has 39 heavy (non-hydrogen) atoms. The summed E-state index contributed by atoms with van der Waals surface area (Å²) in [5.41, 5.74) is 6.26. The van der Waals surface area contributed by atoms with E-state index in [-0.39, 0.29) is 31.0 Å². The summed E-state index contributed by atoms with van der Waals surface area (Å²) in [4.78, 5) is 14.6. The molecule has 4 rings (SSSR count). The van der Waals surface area contributed by atoms with E-state index in [0.29, 0.717) is 28.4 Å². The minimum Gasteiger partial charge on any atom is -0.496 e. The van der Waals surface area contributed by atoms with Crippen LogP contribution in [0.15, 0.2) is 65.4 Å². The van der Waals surface area contributed by atoms with E-state index in [9.17, 15) is 20.6 Å². The van der Waals surface area contributed by atoms with E-state index in [1.165, 1.54) is 26.2 Å². The van der Waals surface area contributed by atoms with Crippen molar-refractivity contribution in [2.75, 3.05) is 34.4 Å². The highest BCUT2D eigenvalue weighted by Gasteiger charge is 2.55. The van der Waals surface area contributed by atoms with Gasteiger partial charge in [-0.2, -0.15) is 15.8 Å². The van der Waals surface area contributed by atoms with E-state index in [1.807, 2.05) is 30.3 Å². The second-order valence-corrected chi connectivity index (χ2v) is 9.07. The number of hydrogen-bond donors (Lipinski definition) is 1. The molecule has 0 unspecified atom stereocenters. The number of amides is 1. The Hall–Kier alpha value is -5.14. The summed E-state index contributed by atoms with van der Waals surface area (Å²) >= 11 is 0. The fourth-order valence-corrected chi connectivity index (χ4v) is 5.28. The quantitative estimate of drug-likeness (QED) is 0.593. The predicted octanol–water partition coefficient (Wildman–Crippen LogP) is 3.77. The molecule has 2 aromatic carbocycles. The zero-order chi connectivity index (χ0) is 28.2. The Labute approximate surface area is 226 Å². The Bertz CT molecular complexity index is 1450. The molecule has 0 radical (unpaired) electrons. The zero-order valence-electron chi connectivity index (χ0n) is 21.8. The number of carbonyl (C=O) groups excluding carboxylic acids is 1. The Kier molecular flexibility index (Phi) is 7.65. The van der Waals surface area contributed by atoms with Crippen LogP contribution in [0, 0.1) is 45.3 Å². The van der Waals surface area contributed by atoms with Gasteiger partial charge in [-0.15, -0.1) is 0 Å². The largest absolute Gasteiger partial charge is 0.496 e. The lowest BCUT2D eigenvalue weighted by Crippen LogP contribution is -2.49. The van der Waals surface area contributed by atoms with E-state index >= 15 is 0 Å². The fraction of sp³-hybridized carbons (Fsp3) is 0.310. The summed E-state index contributed by atoms with van der Waals surface area (Å²) in [6.45, 7) is 0.325. The van der Waals surface area contributed by atoms with Crippen molar-refractivity contribution in [1.82, 2.24) is 4.90 Å². The van der Waals surface area contributed by atoms with Crippen LogP contribution in [0.3, 0.4) is 0 Å². The highest BCUT2D eigenvalue weighted by molar-refractivity contribution is 5.70. The summed E-state index contributed by atoms with van der Waals surface area (Å²) in [6.07, 6.45) is 1.16. The van der Waals surface area contributed by atoms with Gasteiger partial charge in [0.05, 0.1) is 44.7 Å². The third-order valence-corrected chi connectivity index (χ3v) is 7.20. The van der Waals surface area contributed by atoms with Gasteiger partial charge in [0.15, 0.2) is 16.9 Å². The molecular weight excluding hydrogens is 498 g/mol. The average molecular weight is 526 g/mol.